The lowest BCUT2D eigenvalue weighted by molar-refractivity contribution is 0.0971. The van der Waals surface area contributed by atoms with Gasteiger partial charge >= 0.3 is 0 Å². The van der Waals surface area contributed by atoms with Gasteiger partial charge < -0.3 is 4.57 Å². The Morgan fingerprint density at radius 3 is 2.82 bits per heavy atom. The van der Waals surface area contributed by atoms with E-state index in [0.29, 0.717) is 11.8 Å². The molecule has 0 saturated carbocycles. The number of hydrogen-bond donors (Lipinski definition) is 0. The molecule has 92 valence electrons. The number of carbonyl (C=O) groups excluding carboxylic acids is 1. The highest BCUT2D eigenvalue weighted by Gasteiger charge is 2.26. The maximum Gasteiger partial charge on any atom is 0.164 e. The van der Waals surface area contributed by atoms with Gasteiger partial charge in [-0.3, -0.25) is 4.79 Å². The summed E-state index contributed by atoms with van der Waals surface area (Å²) < 4.78 is 2.48. The lowest BCUT2D eigenvalue weighted by Gasteiger charge is -2.28. The Hall–Kier alpha value is -0.700. The first-order valence-corrected chi connectivity index (χ1v) is 7.74. The summed E-state index contributed by atoms with van der Waals surface area (Å²) >= 11 is 2.06. The molecule has 1 fully saturated rings. The number of thioether (sulfide) groups is 1. The normalized spacial score (nSPS) is 21.6. The van der Waals surface area contributed by atoms with Crippen LogP contribution in [0.15, 0.2) is 6.07 Å². The molecule has 2 aliphatic rings. The Balaban J connectivity index is 2.01. The molecule has 2 heterocycles. The van der Waals surface area contributed by atoms with Crippen molar-refractivity contribution in [2.75, 3.05) is 11.5 Å². The van der Waals surface area contributed by atoms with Crippen molar-refractivity contribution in [1.82, 2.24) is 4.57 Å². The van der Waals surface area contributed by atoms with E-state index in [9.17, 15) is 4.79 Å². The Kier molecular flexibility index (Phi) is 3.03. The van der Waals surface area contributed by atoms with Crippen LogP contribution in [0.2, 0.25) is 0 Å². The summed E-state index contributed by atoms with van der Waals surface area (Å²) in [5, 5.41) is 0. The summed E-state index contributed by atoms with van der Waals surface area (Å²) in [5.41, 5.74) is 3.64. The van der Waals surface area contributed by atoms with Gasteiger partial charge in [-0.05, 0) is 50.2 Å². The van der Waals surface area contributed by atoms with Gasteiger partial charge in [0.15, 0.2) is 5.78 Å². The predicted molar refractivity (Wildman–Crippen MR) is 72.0 cm³/mol. The third-order valence-corrected chi connectivity index (χ3v) is 5.06. The molecule has 0 atom stereocenters. The largest absolute Gasteiger partial charge is 0.345 e. The van der Waals surface area contributed by atoms with E-state index in [4.69, 9.17) is 0 Å². The molecule has 1 aromatic rings. The molecule has 1 aliphatic carbocycles. The van der Waals surface area contributed by atoms with Crippen molar-refractivity contribution in [2.24, 2.45) is 0 Å². The summed E-state index contributed by atoms with van der Waals surface area (Å²) in [7, 11) is 0. The van der Waals surface area contributed by atoms with E-state index in [1.165, 1.54) is 35.7 Å². The highest BCUT2D eigenvalue weighted by molar-refractivity contribution is 7.99. The van der Waals surface area contributed by atoms with E-state index in [2.05, 4.69) is 29.3 Å². The van der Waals surface area contributed by atoms with Crippen LogP contribution in [0, 0.1) is 6.92 Å². The van der Waals surface area contributed by atoms with Gasteiger partial charge in [0.25, 0.3) is 0 Å². The number of Topliss-reactive ketones (excluding diaryl/α,β-unsaturated/α-hetero) is 1. The average Bonchev–Trinajstić information content (AvgIpc) is 2.68. The summed E-state index contributed by atoms with van der Waals surface area (Å²) in [6.07, 6.45) is 5.41. The Labute approximate surface area is 107 Å². The highest BCUT2D eigenvalue weighted by atomic mass is 32.2. The maximum atomic E-state index is 11.9. The third-order valence-electron chi connectivity index (χ3n) is 4.01. The van der Waals surface area contributed by atoms with Gasteiger partial charge in [0.1, 0.15) is 0 Å². The molecule has 0 spiro atoms. The third kappa shape index (κ3) is 1.95. The van der Waals surface area contributed by atoms with Crippen LogP contribution in [0.1, 0.15) is 53.5 Å². The first kappa shape index (κ1) is 11.4. The second kappa shape index (κ2) is 4.52. The highest BCUT2D eigenvalue weighted by Crippen LogP contribution is 2.34. The van der Waals surface area contributed by atoms with Crippen LogP contribution in [0.25, 0.3) is 0 Å². The molecule has 0 N–H and O–H groups in total. The fourth-order valence-corrected chi connectivity index (χ4v) is 4.29. The fraction of sp³-hybridized carbons (Fsp3) is 0.643. The van der Waals surface area contributed by atoms with Crippen molar-refractivity contribution in [3.8, 4) is 0 Å². The molecule has 0 unspecified atom stereocenters. The van der Waals surface area contributed by atoms with Crippen LogP contribution < -0.4 is 0 Å². The molecule has 0 bridgehead atoms. The van der Waals surface area contributed by atoms with Gasteiger partial charge in [-0.2, -0.15) is 11.8 Å². The summed E-state index contributed by atoms with van der Waals surface area (Å²) in [6.45, 7) is 2.16. The molecule has 0 amide bonds. The SMILES string of the molecule is Cc1cc2c(n1C1CCSCC1)CCCC2=O. The Morgan fingerprint density at radius 1 is 1.29 bits per heavy atom. The molecule has 3 rings (SSSR count). The van der Waals surface area contributed by atoms with Crippen LogP contribution in [-0.4, -0.2) is 21.9 Å². The number of nitrogens with zero attached hydrogens (tertiary/aromatic N) is 1. The van der Waals surface area contributed by atoms with E-state index < -0.39 is 0 Å². The maximum absolute atomic E-state index is 11.9. The lowest BCUT2D eigenvalue weighted by Crippen LogP contribution is -2.21. The first-order chi connectivity index (χ1) is 8.27. The van der Waals surface area contributed by atoms with Gasteiger partial charge in [-0.1, -0.05) is 0 Å². The van der Waals surface area contributed by atoms with Crippen molar-refractivity contribution in [3.05, 3.63) is 23.0 Å². The average molecular weight is 249 g/mol. The quantitative estimate of drug-likeness (QED) is 0.761. The summed E-state index contributed by atoms with van der Waals surface area (Å²) in [6, 6.07) is 2.77. The summed E-state index contributed by atoms with van der Waals surface area (Å²) in [4.78, 5) is 11.9. The molecule has 1 aromatic heterocycles. The van der Waals surface area contributed by atoms with E-state index in [1.807, 2.05) is 0 Å². The van der Waals surface area contributed by atoms with Gasteiger partial charge in [0.05, 0.1) is 0 Å². The van der Waals surface area contributed by atoms with Crippen LogP contribution in [0.5, 0.6) is 0 Å². The molecule has 1 aliphatic heterocycles. The van der Waals surface area contributed by atoms with Crippen molar-refractivity contribution in [3.63, 3.8) is 0 Å². The number of aryl methyl sites for hydroxylation is 1. The Bertz CT molecular complexity index is 443. The minimum absolute atomic E-state index is 0.360. The van der Waals surface area contributed by atoms with Gasteiger partial charge in [0.2, 0.25) is 0 Å². The summed E-state index contributed by atoms with van der Waals surface area (Å²) in [5.74, 6) is 2.90. The number of hydrogen-bond acceptors (Lipinski definition) is 2. The minimum atomic E-state index is 0.360. The van der Waals surface area contributed by atoms with Crippen molar-refractivity contribution >= 4 is 17.5 Å². The van der Waals surface area contributed by atoms with Crippen molar-refractivity contribution in [2.45, 2.75) is 45.1 Å². The number of fused-ring (bicyclic) bond motifs is 1. The molecule has 17 heavy (non-hydrogen) atoms. The Morgan fingerprint density at radius 2 is 2.06 bits per heavy atom. The van der Waals surface area contributed by atoms with E-state index in [1.54, 1.807) is 0 Å². The fourth-order valence-electron chi connectivity index (χ4n) is 3.20. The number of ketones is 1. The lowest BCUT2D eigenvalue weighted by atomic mass is 9.96. The van der Waals surface area contributed by atoms with E-state index in [-0.39, 0.29) is 0 Å². The first-order valence-electron chi connectivity index (χ1n) is 6.59. The molecule has 0 radical (unpaired) electrons. The molecule has 2 nitrogen and oxygen atoms in total. The molecular formula is C14H19NOS. The monoisotopic (exact) mass is 249 g/mol. The van der Waals surface area contributed by atoms with Crippen molar-refractivity contribution in [1.29, 1.82) is 0 Å². The van der Waals surface area contributed by atoms with Crippen LogP contribution in [0.3, 0.4) is 0 Å². The standard InChI is InChI=1S/C14H19NOS/c1-10-9-12-13(3-2-4-14(12)16)15(10)11-5-7-17-8-6-11/h9,11H,2-8H2,1H3. The van der Waals surface area contributed by atoms with E-state index in [0.717, 1.165) is 24.8 Å². The minimum Gasteiger partial charge on any atom is -0.345 e. The van der Waals surface area contributed by atoms with Gasteiger partial charge in [-0.25, -0.2) is 0 Å². The molecule has 3 heteroatoms. The number of aromatic nitrogens is 1. The zero-order valence-corrected chi connectivity index (χ0v) is 11.2. The van der Waals surface area contributed by atoms with Gasteiger partial charge in [-0.15, -0.1) is 0 Å². The van der Waals surface area contributed by atoms with Crippen LogP contribution >= 0.6 is 11.8 Å². The van der Waals surface area contributed by atoms with Crippen molar-refractivity contribution < 1.29 is 4.79 Å². The molecule has 0 aromatic carbocycles. The predicted octanol–water partition coefficient (Wildman–Crippen LogP) is 3.38. The molecule has 1 saturated heterocycles. The number of rotatable bonds is 1. The second-order valence-corrected chi connectivity index (χ2v) is 6.36. The second-order valence-electron chi connectivity index (χ2n) is 5.14. The van der Waals surface area contributed by atoms with Gasteiger partial charge in [0, 0.05) is 29.4 Å². The number of carbonyl (C=O) groups is 1. The van der Waals surface area contributed by atoms with E-state index >= 15 is 0 Å². The zero-order chi connectivity index (χ0) is 11.8. The zero-order valence-electron chi connectivity index (χ0n) is 10.4. The van der Waals surface area contributed by atoms with Crippen LogP contribution in [-0.2, 0) is 6.42 Å². The topological polar surface area (TPSA) is 22.0 Å². The smallest absolute Gasteiger partial charge is 0.164 e. The van der Waals surface area contributed by atoms with Crippen LogP contribution in [0.4, 0.5) is 0 Å². The molecular weight excluding hydrogens is 230 g/mol.